The number of benzene rings is 1. The van der Waals surface area contributed by atoms with Gasteiger partial charge in [0.25, 0.3) is 0 Å². The van der Waals surface area contributed by atoms with Gasteiger partial charge in [-0.1, -0.05) is 32.0 Å². The van der Waals surface area contributed by atoms with Crippen molar-refractivity contribution >= 4 is 16.5 Å². The van der Waals surface area contributed by atoms with Crippen LogP contribution in [0.1, 0.15) is 61.8 Å². The van der Waals surface area contributed by atoms with Gasteiger partial charge >= 0.3 is 0 Å². The third kappa shape index (κ3) is 3.22. The fourth-order valence-corrected chi connectivity index (χ4v) is 4.74. The van der Waals surface area contributed by atoms with Crippen LogP contribution < -0.4 is 10.2 Å². The summed E-state index contributed by atoms with van der Waals surface area (Å²) in [5.74, 6) is 0.609. The Labute approximate surface area is 149 Å². The summed E-state index contributed by atoms with van der Waals surface area (Å²) in [6.45, 7) is 6.81. The van der Waals surface area contributed by atoms with Crippen molar-refractivity contribution in [3.63, 3.8) is 0 Å². The number of rotatable bonds is 4. The van der Waals surface area contributed by atoms with E-state index in [1.54, 1.807) is 22.5 Å². The molecule has 1 atom stereocenters. The Kier molecular flexibility index (Phi) is 4.59. The Balaban J connectivity index is 1.39. The summed E-state index contributed by atoms with van der Waals surface area (Å²) in [5, 5.41) is 7.21. The number of fused-ring (bicyclic) bond motifs is 1. The molecular formula is C20H27N3S. The Morgan fingerprint density at radius 2 is 2.04 bits per heavy atom. The molecule has 1 N–H and O–H groups in total. The Hall–Kier alpha value is -1.39. The fourth-order valence-electron chi connectivity index (χ4n) is 4.05. The zero-order chi connectivity index (χ0) is 16.5. The molecule has 1 aliphatic carbocycles. The summed E-state index contributed by atoms with van der Waals surface area (Å²) in [7, 11) is 0. The number of aryl methyl sites for hydroxylation is 1. The molecule has 1 aliphatic heterocycles. The van der Waals surface area contributed by atoms with E-state index in [1.807, 2.05) is 6.20 Å². The minimum atomic E-state index is 0.551. The predicted octanol–water partition coefficient (Wildman–Crippen LogP) is 4.51. The van der Waals surface area contributed by atoms with Crippen molar-refractivity contribution < 1.29 is 0 Å². The van der Waals surface area contributed by atoms with Gasteiger partial charge in [0.2, 0.25) is 0 Å². The second kappa shape index (κ2) is 6.85. The molecule has 0 radical (unpaired) electrons. The van der Waals surface area contributed by atoms with Gasteiger partial charge < -0.3 is 10.2 Å². The summed E-state index contributed by atoms with van der Waals surface area (Å²) in [4.78, 5) is 6.88. The first kappa shape index (κ1) is 16.1. The molecule has 128 valence electrons. The van der Waals surface area contributed by atoms with Gasteiger partial charge in [0.1, 0.15) is 0 Å². The van der Waals surface area contributed by atoms with Crippen LogP contribution in [-0.4, -0.2) is 24.1 Å². The van der Waals surface area contributed by atoms with E-state index in [0.29, 0.717) is 18.0 Å². The van der Waals surface area contributed by atoms with Gasteiger partial charge in [-0.15, -0.1) is 11.3 Å². The average Bonchev–Trinajstić information content (AvgIpc) is 3.25. The Morgan fingerprint density at radius 1 is 1.21 bits per heavy atom. The Bertz CT molecular complexity index is 672. The van der Waals surface area contributed by atoms with E-state index >= 15 is 0 Å². The maximum absolute atomic E-state index is 4.45. The van der Waals surface area contributed by atoms with Crippen LogP contribution in [0.3, 0.4) is 0 Å². The van der Waals surface area contributed by atoms with Gasteiger partial charge in [0, 0.05) is 36.8 Å². The summed E-state index contributed by atoms with van der Waals surface area (Å²) >= 11 is 1.75. The standard InChI is InChI=1S/C20H27N3S/c1-14(2)16-4-3-15-5-6-19(18(15)13-16)22-17-7-10-23(11-8-17)20-21-9-12-24-20/h3-4,9,12-14,17,19,22H,5-8,10-11H2,1-2H3. The maximum Gasteiger partial charge on any atom is 0.185 e. The van der Waals surface area contributed by atoms with Gasteiger partial charge in [0.15, 0.2) is 5.13 Å². The molecule has 1 saturated heterocycles. The second-order valence-corrected chi connectivity index (χ2v) is 8.32. The molecule has 1 unspecified atom stereocenters. The van der Waals surface area contributed by atoms with Crippen molar-refractivity contribution in [2.45, 2.75) is 57.5 Å². The molecule has 2 aromatic rings. The lowest BCUT2D eigenvalue weighted by atomic mass is 9.96. The third-order valence-electron chi connectivity index (χ3n) is 5.54. The van der Waals surface area contributed by atoms with E-state index in [-0.39, 0.29) is 0 Å². The summed E-state index contributed by atoms with van der Waals surface area (Å²) in [6, 6.07) is 8.32. The molecule has 4 rings (SSSR count). The number of hydrogen-bond acceptors (Lipinski definition) is 4. The van der Waals surface area contributed by atoms with Crippen molar-refractivity contribution in [1.82, 2.24) is 10.3 Å². The van der Waals surface area contributed by atoms with Crippen LogP contribution in [0, 0.1) is 0 Å². The van der Waals surface area contributed by atoms with E-state index in [0.717, 1.165) is 13.1 Å². The van der Waals surface area contributed by atoms with Crippen LogP contribution in [0.4, 0.5) is 5.13 Å². The smallest absolute Gasteiger partial charge is 0.185 e. The second-order valence-electron chi connectivity index (χ2n) is 7.45. The van der Waals surface area contributed by atoms with Crippen molar-refractivity contribution in [2.24, 2.45) is 0 Å². The third-order valence-corrected chi connectivity index (χ3v) is 6.37. The number of piperidine rings is 1. The largest absolute Gasteiger partial charge is 0.348 e. The van der Waals surface area contributed by atoms with Gasteiger partial charge in [0.05, 0.1) is 0 Å². The van der Waals surface area contributed by atoms with E-state index in [9.17, 15) is 0 Å². The Morgan fingerprint density at radius 3 is 2.75 bits per heavy atom. The monoisotopic (exact) mass is 341 g/mol. The molecule has 2 heterocycles. The lowest BCUT2D eigenvalue weighted by molar-refractivity contribution is 0.368. The van der Waals surface area contributed by atoms with Crippen LogP contribution in [0.15, 0.2) is 29.8 Å². The van der Waals surface area contributed by atoms with Crippen LogP contribution in [0.2, 0.25) is 0 Å². The number of hydrogen-bond donors (Lipinski definition) is 1. The molecule has 0 saturated carbocycles. The zero-order valence-corrected chi connectivity index (χ0v) is 15.5. The van der Waals surface area contributed by atoms with Crippen LogP contribution in [0.25, 0.3) is 0 Å². The van der Waals surface area contributed by atoms with E-state index in [4.69, 9.17) is 0 Å². The van der Waals surface area contributed by atoms with Crippen molar-refractivity contribution in [3.8, 4) is 0 Å². The number of aromatic nitrogens is 1. The summed E-state index contributed by atoms with van der Waals surface area (Å²) in [5.41, 5.74) is 4.58. The SMILES string of the molecule is CC(C)c1ccc2c(c1)C(NC1CCN(c3nccs3)CC1)CC2. The van der Waals surface area contributed by atoms with Crippen molar-refractivity contribution in [3.05, 3.63) is 46.5 Å². The zero-order valence-electron chi connectivity index (χ0n) is 14.7. The van der Waals surface area contributed by atoms with Gasteiger partial charge in [-0.2, -0.15) is 0 Å². The highest BCUT2D eigenvalue weighted by Gasteiger charge is 2.27. The fraction of sp³-hybridized carbons (Fsp3) is 0.550. The maximum atomic E-state index is 4.45. The number of nitrogens with zero attached hydrogens (tertiary/aromatic N) is 2. The average molecular weight is 342 g/mol. The van der Waals surface area contributed by atoms with E-state index in [2.05, 4.69) is 52.6 Å². The van der Waals surface area contributed by atoms with Gasteiger partial charge in [-0.3, -0.25) is 0 Å². The first-order chi connectivity index (χ1) is 11.7. The molecule has 1 aromatic heterocycles. The van der Waals surface area contributed by atoms with Crippen LogP contribution in [0.5, 0.6) is 0 Å². The topological polar surface area (TPSA) is 28.2 Å². The van der Waals surface area contributed by atoms with Crippen LogP contribution >= 0.6 is 11.3 Å². The minimum absolute atomic E-state index is 0.551. The molecule has 0 bridgehead atoms. The number of anilines is 1. The highest BCUT2D eigenvalue weighted by Crippen LogP contribution is 2.34. The molecule has 24 heavy (non-hydrogen) atoms. The van der Waals surface area contributed by atoms with Crippen molar-refractivity contribution in [2.75, 3.05) is 18.0 Å². The van der Waals surface area contributed by atoms with Gasteiger partial charge in [-0.05, 0) is 48.3 Å². The molecular weight excluding hydrogens is 314 g/mol. The summed E-state index contributed by atoms with van der Waals surface area (Å²) in [6.07, 6.45) is 6.82. The molecule has 1 fully saturated rings. The predicted molar refractivity (Wildman–Crippen MR) is 102 cm³/mol. The molecule has 1 aromatic carbocycles. The molecule has 0 spiro atoms. The summed E-state index contributed by atoms with van der Waals surface area (Å²) < 4.78 is 0. The minimum Gasteiger partial charge on any atom is -0.348 e. The number of thiazole rings is 1. The van der Waals surface area contributed by atoms with Gasteiger partial charge in [-0.25, -0.2) is 4.98 Å². The molecule has 4 heteroatoms. The van der Waals surface area contributed by atoms with Crippen molar-refractivity contribution in [1.29, 1.82) is 0 Å². The molecule has 0 amide bonds. The van der Waals surface area contributed by atoms with E-state index < -0.39 is 0 Å². The molecule has 2 aliphatic rings. The lowest BCUT2D eigenvalue weighted by Crippen LogP contribution is -2.43. The molecule has 3 nitrogen and oxygen atoms in total. The first-order valence-corrected chi connectivity index (χ1v) is 10.1. The quantitative estimate of drug-likeness (QED) is 0.887. The lowest BCUT2D eigenvalue weighted by Gasteiger charge is -2.34. The van der Waals surface area contributed by atoms with Crippen LogP contribution in [-0.2, 0) is 6.42 Å². The first-order valence-electron chi connectivity index (χ1n) is 9.24. The highest BCUT2D eigenvalue weighted by atomic mass is 32.1. The normalized spacial score (nSPS) is 21.5. The van der Waals surface area contributed by atoms with E-state index in [1.165, 1.54) is 36.4 Å². The number of nitrogens with one attached hydrogen (secondary N) is 1. The highest BCUT2D eigenvalue weighted by molar-refractivity contribution is 7.13.